The minimum atomic E-state index is -0.0147. The van der Waals surface area contributed by atoms with Gasteiger partial charge in [-0.2, -0.15) is 0 Å². The van der Waals surface area contributed by atoms with Crippen molar-refractivity contribution in [2.75, 3.05) is 24.6 Å². The summed E-state index contributed by atoms with van der Waals surface area (Å²) in [6.45, 7) is 4.28. The van der Waals surface area contributed by atoms with Crippen molar-refractivity contribution in [2.45, 2.75) is 19.1 Å². The molecule has 1 saturated heterocycles. The predicted molar refractivity (Wildman–Crippen MR) is 107 cm³/mol. The third-order valence-corrected chi connectivity index (χ3v) is 5.28. The Labute approximate surface area is 166 Å². The Bertz CT molecular complexity index is 1090. The quantitative estimate of drug-likeness (QED) is 0.677. The predicted octanol–water partition coefficient (Wildman–Crippen LogP) is 2.44. The minimum Gasteiger partial charge on any atom is -0.369 e. The Balaban J connectivity index is 1.50. The molecule has 3 aromatic heterocycles. The molecule has 0 radical (unpaired) electrons. The van der Waals surface area contributed by atoms with Crippen LogP contribution in [-0.4, -0.2) is 62.4 Å². The normalized spacial score (nSPS) is 22.1. The second kappa shape index (κ2) is 6.96. The van der Waals surface area contributed by atoms with Gasteiger partial charge in [-0.15, -0.1) is 0 Å². The highest BCUT2D eigenvalue weighted by atomic mass is 35.5. The Morgan fingerprint density at radius 2 is 2.14 bits per heavy atom. The van der Waals surface area contributed by atoms with Crippen LogP contribution in [-0.2, 0) is 4.74 Å². The van der Waals surface area contributed by atoms with E-state index in [0.29, 0.717) is 23.2 Å². The fraction of sp³-hybridized carbons (Fsp3) is 0.316. The second-order valence-electron chi connectivity index (χ2n) is 6.74. The number of fused-ring (bicyclic) bond motifs is 1. The number of ether oxygens (including phenoxy) is 1. The van der Waals surface area contributed by atoms with Gasteiger partial charge in [0.25, 0.3) is 0 Å². The van der Waals surface area contributed by atoms with Gasteiger partial charge in [-0.25, -0.2) is 19.9 Å². The molecule has 2 aliphatic heterocycles. The summed E-state index contributed by atoms with van der Waals surface area (Å²) in [5.41, 5.74) is 2.60. The lowest BCUT2D eigenvalue weighted by Crippen LogP contribution is -2.51. The van der Waals surface area contributed by atoms with Gasteiger partial charge in [0.2, 0.25) is 0 Å². The van der Waals surface area contributed by atoms with Crippen molar-refractivity contribution < 1.29 is 4.74 Å². The molecule has 3 aromatic rings. The molecule has 0 aliphatic carbocycles. The SMILES string of the molecule is CC1C(C2=CCN=C2)OCCN1c1ccnc(-c2cnc3cnc(Cl)cn23)n1. The number of aromatic nitrogens is 5. The van der Waals surface area contributed by atoms with Crippen LogP contribution >= 0.6 is 11.6 Å². The molecular weight excluding hydrogens is 378 g/mol. The second-order valence-corrected chi connectivity index (χ2v) is 7.13. The molecule has 8 nitrogen and oxygen atoms in total. The zero-order valence-electron chi connectivity index (χ0n) is 15.2. The lowest BCUT2D eigenvalue weighted by molar-refractivity contribution is 0.0432. The molecule has 142 valence electrons. The van der Waals surface area contributed by atoms with Crippen molar-refractivity contribution in [1.82, 2.24) is 24.3 Å². The fourth-order valence-corrected chi connectivity index (χ4v) is 3.85. The molecule has 0 amide bonds. The van der Waals surface area contributed by atoms with Crippen molar-refractivity contribution in [3.8, 4) is 11.5 Å². The van der Waals surface area contributed by atoms with Gasteiger partial charge in [0, 0.05) is 25.2 Å². The molecule has 2 aliphatic rings. The molecule has 0 spiro atoms. The Kier molecular flexibility index (Phi) is 4.29. The van der Waals surface area contributed by atoms with Crippen LogP contribution in [0.4, 0.5) is 5.82 Å². The lowest BCUT2D eigenvalue weighted by atomic mass is 10.0. The van der Waals surface area contributed by atoms with Gasteiger partial charge in [-0.1, -0.05) is 17.7 Å². The lowest BCUT2D eigenvalue weighted by Gasteiger charge is -2.40. The first kappa shape index (κ1) is 17.3. The molecule has 0 N–H and O–H groups in total. The Morgan fingerprint density at radius 1 is 1.21 bits per heavy atom. The van der Waals surface area contributed by atoms with Crippen molar-refractivity contribution in [1.29, 1.82) is 0 Å². The zero-order valence-corrected chi connectivity index (χ0v) is 16.0. The first-order valence-electron chi connectivity index (χ1n) is 9.11. The maximum atomic E-state index is 6.05. The number of anilines is 1. The van der Waals surface area contributed by atoms with Crippen molar-refractivity contribution in [2.24, 2.45) is 4.99 Å². The number of hydrogen-bond acceptors (Lipinski definition) is 7. The van der Waals surface area contributed by atoms with E-state index in [-0.39, 0.29) is 12.1 Å². The van der Waals surface area contributed by atoms with Crippen LogP contribution in [0.5, 0.6) is 0 Å². The number of imidazole rings is 1. The number of nitrogens with zero attached hydrogens (tertiary/aromatic N) is 7. The molecule has 0 saturated carbocycles. The van der Waals surface area contributed by atoms with Crippen molar-refractivity contribution in [3.63, 3.8) is 0 Å². The molecule has 9 heteroatoms. The summed E-state index contributed by atoms with van der Waals surface area (Å²) in [5.74, 6) is 1.44. The average Bonchev–Trinajstić information content (AvgIpc) is 3.38. The Hall–Kier alpha value is -2.84. The first-order valence-corrected chi connectivity index (χ1v) is 9.48. The van der Waals surface area contributed by atoms with Crippen molar-refractivity contribution in [3.05, 3.63) is 47.7 Å². The summed E-state index contributed by atoms with van der Waals surface area (Å²) in [5, 5.41) is 0.388. The first-order chi connectivity index (χ1) is 13.7. The van der Waals surface area contributed by atoms with Crippen LogP contribution in [0.15, 0.2) is 47.5 Å². The fourth-order valence-electron chi connectivity index (χ4n) is 3.70. The topological polar surface area (TPSA) is 80.8 Å². The van der Waals surface area contributed by atoms with Gasteiger partial charge < -0.3 is 9.64 Å². The van der Waals surface area contributed by atoms with Crippen LogP contribution < -0.4 is 4.90 Å². The molecule has 1 fully saturated rings. The molecular formula is C19H18ClN7O. The maximum Gasteiger partial charge on any atom is 0.180 e. The van der Waals surface area contributed by atoms with Gasteiger partial charge in [-0.3, -0.25) is 9.39 Å². The molecule has 0 aromatic carbocycles. The van der Waals surface area contributed by atoms with E-state index in [2.05, 4.69) is 37.8 Å². The van der Waals surface area contributed by atoms with Gasteiger partial charge in [0.1, 0.15) is 22.8 Å². The van der Waals surface area contributed by atoms with Crippen LogP contribution in [0.2, 0.25) is 5.15 Å². The van der Waals surface area contributed by atoms with E-state index in [1.165, 1.54) is 0 Å². The summed E-state index contributed by atoms with van der Waals surface area (Å²) >= 11 is 6.05. The summed E-state index contributed by atoms with van der Waals surface area (Å²) in [7, 11) is 0. The Morgan fingerprint density at radius 3 is 3.00 bits per heavy atom. The number of aliphatic imine (C=N–C) groups is 1. The molecule has 5 heterocycles. The monoisotopic (exact) mass is 395 g/mol. The van der Waals surface area contributed by atoms with E-state index in [4.69, 9.17) is 21.3 Å². The van der Waals surface area contributed by atoms with Crippen LogP contribution in [0.3, 0.4) is 0 Å². The smallest absolute Gasteiger partial charge is 0.180 e. The summed E-state index contributed by atoms with van der Waals surface area (Å²) in [6.07, 6.45) is 10.9. The van der Waals surface area contributed by atoms with Gasteiger partial charge in [0.05, 0.1) is 31.6 Å². The van der Waals surface area contributed by atoms with E-state index in [1.54, 1.807) is 24.8 Å². The van der Waals surface area contributed by atoms with Gasteiger partial charge in [0.15, 0.2) is 11.5 Å². The van der Waals surface area contributed by atoms with Crippen LogP contribution in [0.1, 0.15) is 6.92 Å². The molecule has 5 rings (SSSR count). The summed E-state index contributed by atoms with van der Waals surface area (Å²) < 4.78 is 7.87. The van der Waals surface area contributed by atoms with E-state index in [9.17, 15) is 0 Å². The number of hydrogen-bond donors (Lipinski definition) is 0. The number of rotatable bonds is 3. The standard InChI is InChI=1S/C19H18ClN7O/c1-12-18(13-2-4-21-8-13)28-7-6-26(12)16-3-5-22-19(25-16)14-9-24-17-10-23-15(20)11-27(14)17/h2-3,5,8-12,18H,4,6-7H2,1H3. The van der Waals surface area contributed by atoms with Gasteiger partial charge >= 0.3 is 0 Å². The summed E-state index contributed by atoms with van der Waals surface area (Å²) in [6, 6.07) is 2.06. The molecule has 2 atom stereocenters. The minimum absolute atomic E-state index is 0.0147. The molecule has 2 unspecified atom stereocenters. The zero-order chi connectivity index (χ0) is 19.1. The van der Waals surface area contributed by atoms with Crippen LogP contribution in [0.25, 0.3) is 17.2 Å². The number of morpholine rings is 1. The van der Waals surface area contributed by atoms with Gasteiger partial charge in [-0.05, 0) is 18.6 Å². The maximum absolute atomic E-state index is 6.05. The third kappa shape index (κ3) is 2.94. The summed E-state index contributed by atoms with van der Waals surface area (Å²) in [4.78, 5) is 24.2. The largest absolute Gasteiger partial charge is 0.369 e. The van der Waals surface area contributed by atoms with Crippen LogP contribution in [0, 0.1) is 0 Å². The number of halogens is 1. The van der Waals surface area contributed by atoms with E-state index in [1.807, 2.05) is 16.7 Å². The van der Waals surface area contributed by atoms with Crippen molar-refractivity contribution >= 4 is 29.3 Å². The van der Waals surface area contributed by atoms with E-state index < -0.39 is 0 Å². The van der Waals surface area contributed by atoms with E-state index in [0.717, 1.165) is 30.2 Å². The molecule has 28 heavy (non-hydrogen) atoms. The highest BCUT2D eigenvalue weighted by Crippen LogP contribution is 2.27. The average molecular weight is 396 g/mol. The van der Waals surface area contributed by atoms with E-state index >= 15 is 0 Å². The highest BCUT2D eigenvalue weighted by molar-refractivity contribution is 6.29. The third-order valence-electron chi connectivity index (χ3n) is 5.09. The molecule has 0 bridgehead atoms. The highest BCUT2D eigenvalue weighted by Gasteiger charge is 2.32.